The number of nitrogens with zero attached hydrogens (tertiary/aromatic N) is 1. The molecule has 0 radical (unpaired) electrons. The zero-order chi connectivity index (χ0) is 24.3. The summed E-state index contributed by atoms with van der Waals surface area (Å²) in [5, 5.41) is 6.03. The summed E-state index contributed by atoms with van der Waals surface area (Å²) in [6.45, 7) is 9.65. The summed E-state index contributed by atoms with van der Waals surface area (Å²) in [7, 11) is 0. The zero-order valence-corrected chi connectivity index (χ0v) is 20.7. The first kappa shape index (κ1) is 26.0. The molecule has 188 valence electrons. The maximum absolute atomic E-state index is 12.9. The van der Waals surface area contributed by atoms with Crippen LogP contribution in [0.1, 0.15) is 62.7 Å². The molecule has 0 saturated carbocycles. The Kier molecular flexibility index (Phi) is 10.2. The first-order valence-electron chi connectivity index (χ1n) is 12.9. The van der Waals surface area contributed by atoms with Gasteiger partial charge in [0.25, 0.3) is 0 Å². The number of carbonyl (C=O) groups is 3. The van der Waals surface area contributed by atoms with Gasteiger partial charge in [-0.15, -0.1) is 0 Å². The number of quaternary nitrogens is 1. The van der Waals surface area contributed by atoms with Crippen LogP contribution in [-0.4, -0.2) is 68.7 Å². The van der Waals surface area contributed by atoms with Crippen molar-refractivity contribution in [1.82, 2.24) is 10.2 Å². The number of hydrogen-bond donors (Lipinski definition) is 3. The van der Waals surface area contributed by atoms with E-state index in [-0.39, 0.29) is 11.9 Å². The maximum Gasteiger partial charge on any atom is 0.338 e. The summed E-state index contributed by atoms with van der Waals surface area (Å²) in [5.74, 6) is 0.321. The fourth-order valence-electron chi connectivity index (χ4n) is 5.13. The Morgan fingerprint density at radius 2 is 1.91 bits per heavy atom. The van der Waals surface area contributed by atoms with Crippen LogP contribution in [0.15, 0.2) is 24.3 Å². The minimum absolute atomic E-state index is 0.133. The van der Waals surface area contributed by atoms with Crippen LogP contribution in [0.25, 0.3) is 0 Å². The second-order valence-corrected chi connectivity index (χ2v) is 9.51. The van der Waals surface area contributed by atoms with Gasteiger partial charge in [0.2, 0.25) is 5.91 Å². The molecule has 1 aromatic carbocycles. The average molecular weight is 474 g/mol. The van der Waals surface area contributed by atoms with Gasteiger partial charge in [0, 0.05) is 25.2 Å². The molecule has 2 fully saturated rings. The van der Waals surface area contributed by atoms with Crippen molar-refractivity contribution >= 4 is 23.6 Å². The minimum atomic E-state index is -0.402. The lowest BCUT2D eigenvalue weighted by atomic mass is 9.81. The van der Waals surface area contributed by atoms with Gasteiger partial charge in [-0.1, -0.05) is 19.4 Å². The number of urea groups is 1. The molecule has 0 aliphatic carbocycles. The fourth-order valence-corrected chi connectivity index (χ4v) is 5.13. The lowest BCUT2D eigenvalue weighted by molar-refractivity contribution is -0.903. The molecule has 2 heterocycles. The molecule has 8 nitrogen and oxygen atoms in total. The number of ether oxygens (including phenoxy) is 1. The van der Waals surface area contributed by atoms with Crippen LogP contribution in [-0.2, 0) is 9.53 Å². The monoisotopic (exact) mass is 473 g/mol. The van der Waals surface area contributed by atoms with Gasteiger partial charge in [-0.2, -0.15) is 0 Å². The molecule has 1 aromatic rings. The number of nitrogens with one attached hydrogen (secondary N) is 3. The van der Waals surface area contributed by atoms with Crippen LogP contribution in [0, 0.1) is 11.8 Å². The highest BCUT2D eigenvalue weighted by Crippen LogP contribution is 2.29. The van der Waals surface area contributed by atoms with E-state index < -0.39 is 5.97 Å². The Bertz CT molecular complexity index is 825. The second-order valence-electron chi connectivity index (χ2n) is 9.51. The van der Waals surface area contributed by atoms with Crippen LogP contribution < -0.4 is 15.5 Å². The molecule has 0 unspecified atom stereocenters. The highest BCUT2D eigenvalue weighted by atomic mass is 16.5. The van der Waals surface area contributed by atoms with Crippen LogP contribution in [0.4, 0.5) is 10.5 Å². The zero-order valence-electron chi connectivity index (χ0n) is 20.7. The van der Waals surface area contributed by atoms with Crippen LogP contribution in [0.3, 0.4) is 0 Å². The average Bonchev–Trinajstić information content (AvgIpc) is 2.85. The lowest BCUT2D eigenvalue weighted by Gasteiger charge is -2.38. The van der Waals surface area contributed by atoms with E-state index in [1.54, 1.807) is 36.1 Å². The highest BCUT2D eigenvalue weighted by Gasteiger charge is 2.32. The molecule has 3 rings (SSSR count). The van der Waals surface area contributed by atoms with Crippen molar-refractivity contribution in [2.24, 2.45) is 11.8 Å². The number of esters is 1. The largest absolute Gasteiger partial charge is 0.462 e. The van der Waals surface area contributed by atoms with Gasteiger partial charge in [-0.3, -0.25) is 4.79 Å². The first-order chi connectivity index (χ1) is 16.5. The molecule has 0 spiro atoms. The van der Waals surface area contributed by atoms with Crippen molar-refractivity contribution in [3.63, 3.8) is 0 Å². The molecule has 8 heteroatoms. The van der Waals surface area contributed by atoms with Crippen molar-refractivity contribution < 1.29 is 24.0 Å². The summed E-state index contributed by atoms with van der Waals surface area (Å²) in [5.41, 5.74) is 0.985. The van der Waals surface area contributed by atoms with Crippen molar-refractivity contribution in [2.75, 3.05) is 51.2 Å². The van der Waals surface area contributed by atoms with E-state index in [0.29, 0.717) is 49.2 Å². The molecule has 2 aliphatic heterocycles. The molecule has 34 heavy (non-hydrogen) atoms. The summed E-state index contributed by atoms with van der Waals surface area (Å²) < 4.78 is 5.04. The van der Waals surface area contributed by atoms with Crippen molar-refractivity contribution in [2.45, 2.75) is 52.4 Å². The highest BCUT2D eigenvalue weighted by molar-refractivity contribution is 5.94. The Labute approximate surface area is 203 Å². The molecule has 3 amide bonds. The molecule has 2 aliphatic rings. The van der Waals surface area contributed by atoms with Crippen molar-refractivity contribution in [3.8, 4) is 0 Å². The predicted octanol–water partition coefficient (Wildman–Crippen LogP) is 2.32. The normalized spacial score (nSPS) is 21.1. The number of hydrogen-bond acceptors (Lipinski definition) is 4. The van der Waals surface area contributed by atoms with Gasteiger partial charge < -0.3 is 25.2 Å². The molecule has 0 bridgehead atoms. The molecule has 2 saturated heterocycles. The quantitative estimate of drug-likeness (QED) is 0.480. The number of benzene rings is 1. The third-order valence-corrected chi connectivity index (χ3v) is 7.14. The van der Waals surface area contributed by atoms with Crippen molar-refractivity contribution in [1.29, 1.82) is 0 Å². The van der Waals surface area contributed by atoms with Crippen LogP contribution >= 0.6 is 0 Å². The van der Waals surface area contributed by atoms with Gasteiger partial charge in [-0.05, 0) is 62.6 Å². The molecular weight excluding hydrogens is 432 g/mol. The SMILES string of the molecule is CCOC(=O)c1cccc(NC(=O)N2CC[C@@H](CC(=O)NCC[NH+]3CCCCC3)[C@@H](CC)C2)c1. The molecule has 3 N–H and O–H groups in total. The van der Waals surface area contributed by atoms with E-state index in [2.05, 4.69) is 17.6 Å². The van der Waals surface area contributed by atoms with E-state index >= 15 is 0 Å². The number of amides is 3. The summed E-state index contributed by atoms with van der Waals surface area (Å²) in [6.07, 6.45) is 6.21. The topological polar surface area (TPSA) is 92.2 Å². The van der Waals surface area contributed by atoms with E-state index in [1.807, 2.05) is 4.90 Å². The molecule has 0 aromatic heterocycles. The van der Waals surface area contributed by atoms with E-state index in [9.17, 15) is 14.4 Å². The van der Waals surface area contributed by atoms with Crippen LogP contribution in [0.2, 0.25) is 0 Å². The Hall–Kier alpha value is -2.61. The van der Waals surface area contributed by atoms with Gasteiger partial charge >= 0.3 is 12.0 Å². The maximum atomic E-state index is 12.9. The van der Waals surface area contributed by atoms with Gasteiger partial charge in [0.1, 0.15) is 0 Å². The Morgan fingerprint density at radius 3 is 2.65 bits per heavy atom. The standard InChI is InChI=1S/C26H40N4O4/c1-3-20-19-30(26(33)28-23-10-8-9-22(17-23)25(32)34-4-2)15-11-21(20)18-24(31)27-12-16-29-13-6-5-7-14-29/h8-10,17,20-21H,3-7,11-16,18-19H2,1-2H3,(H,27,31)(H,28,33)/p+1/t20-,21-/m0/s1. The number of piperidine rings is 2. The summed E-state index contributed by atoms with van der Waals surface area (Å²) >= 11 is 0. The number of likely N-dealkylation sites (tertiary alicyclic amines) is 2. The Balaban J connectivity index is 1.45. The first-order valence-corrected chi connectivity index (χ1v) is 12.9. The molecule has 2 atom stereocenters. The number of rotatable bonds is 9. The number of carbonyl (C=O) groups excluding carboxylic acids is 3. The van der Waals surface area contributed by atoms with E-state index in [4.69, 9.17) is 4.74 Å². The smallest absolute Gasteiger partial charge is 0.338 e. The second kappa shape index (κ2) is 13.3. The lowest BCUT2D eigenvalue weighted by Crippen LogP contribution is -3.13. The third-order valence-electron chi connectivity index (χ3n) is 7.14. The van der Waals surface area contributed by atoms with Gasteiger partial charge in [0.05, 0.1) is 38.3 Å². The fraction of sp³-hybridized carbons (Fsp3) is 0.654. The summed E-state index contributed by atoms with van der Waals surface area (Å²) in [6, 6.07) is 6.63. The van der Waals surface area contributed by atoms with Gasteiger partial charge in [-0.25, -0.2) is 9.59 Å². The van der Waals surface area contributed by atoms with E-state index in [0.717, 1.165) is 25.9 Å². The predicted molar refractivity (Wildman–Crippen MR) is 132 cm³/mol. The number of anilines is 1. The van der Waals surface area contributed by atoms with Crippen molar-refractivity contribution in [3.05, 3.63) is 29.8 Å². The summed E-state index contributed by atoms with van der Waals surface area (Å²) in [4.78, 5) is 40.8. The third kappa shape index (κ3) is 7.72. The van der Waals surface area contributed by atoms with Gasteiger partial charge in [0.15, 0.2) is 0 Å². The Morgan fingerprint density at radius 1 is 1.12 bits per heavy atom. The molecular formula is C26H41N4O4+. The van der Waals surface area contributed by atoms with E-state index in [1.165, 1.54) is 32.4 Å². The minimum Gasteiger partial charge on any atom is -0.462 e. The van der Waals surface area contributed by atoms with Crippen LogP contribution in [0.5, 0.6) is 0 Å².